The van der Waals surface area contributed by atoms with Gasteiger partial charge in [0.05, 0.1) is 5.54 Å². The van der Waals surface area contributed by atoms with Crippen LogP contribution in [0.2, 0.25) is 0 Å². The highest BCUT2D eigenvalue weighted by molar-refractivity contribution is 5.89. The van der Waals surface area contributed by atoms with Gasteiger partial charge < -0.3 is 4.74 Å². The number of carbonyl (C=O) groups excluding carboxylic acids is 1. The first-order chi connectivity index (χ1) is 9.14. The third-order valence-electron chi connectivity index (χ3n) is 3.06. The van der Waals surface area contributed by atoms with Crippen LogP contribution in [0.25, 0.3) is 0 Å². The van der Waals surface area contributed by atoms with E-state index in [2.05, 4.69) is 46.6 Å². The summed E-state index contributed by atoms with van der Waals surface area (Å²) in [6.45, 7) is 20.2. The molecule has 0 atom stereocenters. The smallest absolute Gasteiger partial charge is 0.359 e. The van der Waals surface area contributed by atoms with E-state index in [1.807, 2.05) is 32.4 Å². The summed E-state index contributed by atoms with van der Waals surface area (Å²) in [5.74, 6) is -0.353. The molecule has 0 aliphatic carbocycles. The zero-order valence-corrected chi connectivity index (χ0v) is 15.2. The lowest BCUT2D eigenvalue weighted by Crippen LogP contribution is -2.30. The van der Waals surface area contributed by atoms with Crippen molar-refractivity contribution >= 4 is 5.97 Å². The van der Waals surface area contributed by atoms with Crippen molar-refractivity contribution in [1.29, 1.82) is 0 Å². The molecule has 1 heterocycles. The van der Waals surface area contributed by atoms with Gasteiger partial charge in [-0.1, -0.05) is 20.8 Å². The van der Waals surface area contributed by atoms with E-state index in [1.54, 1.807) is 0 Å². The Bertz CT molecular complexity index is 535. The van der Waals surface area contributed by atoms with Gasteiger partial charge in [0, 0.05) is 16.7 Å². The van der Waals surface area contributed by atoms with Gasteiger partial charge in [0.25, 0.3) is 0 Å². The maximum Gasteiger partial charge on any atom is 0.359 e. The fourth-order valence-corrected chi connectivity index (χ4v) is 2.38. The third kappa shape index (κ3) is 4.08. The summed E-state index contributed by atoms with van der Waals surface area (Å²) in [5.41, 5.74) is 1.61. The fraction of sp³-hybridized carbons (Fsp3) is 0.765. The van der Waals surface area contributed by atoms with Crippen LogP contribution in [-0.4, -0.2) is 21.4 Å². The van der Waals surface area contributed by atoms with Crippen LogP contribution in [0, 0.1) is 6.92 Å². The van der Waals surface area contributed by atoms with Crippen LogP contribution < -0.4 is 0 Å². The molecule has 0 N–H and O–H groups in total. The molecule has 0 saturated heterocycles. The predicted molar refractivity (Wildman–Crippen MR) is 85.8 cm³/mol. The van der Waals surface area contributed by atoms with E-state index >= 15 is 0 Å². The van der Waals surface area contributed by atoms with Crippen molar-refractivity contribution in [1.82, 2.24) is 9.78 Å². The van der Waals surface area contributed by atoms with Gasteiger partial charge in [0.2, 0.25) is 0 Å². The number of nitrogens with zero attached hydrogens (tertiary/aromatic N) is 2. The molecule has 0 amide bonds. The van der Waals surface area contributed by atoms with Crippen molar-refractivity contribution in [3.63, 3.8) is 0 Å². The Balaban J connectivity index is 3.45. The van der Waals surface area contributed by atoms with Gasteiger partial charge in [-0.25, -0.2) is 4.79 Å². The van der Waals surface area contributed by atoms with Gasteiger partial charge in [0.15, 0.2) is 5.69 Å². The summed E-state index contributed by atoms with van der Waals surface area (Å²) in [4.78, 5) is 12.4. The average Bonchev–Trinajstić information content (AvgIpc) is 2.51. The molecule has 1 rings (SSSR count). The Morgan fingerprint density at radius 1 is 1.00 bits per heavy atom. The van der Waals surface area contributed by atoms with E-state index in [0.717, 1.165) is 11.3 Å². The van der Waals surface area contributed by atoms with Gasteiger partial charge in [-0.2, -0.15) is 5.10 Å². The monoisotopic (exact) mass is 294 g/mol. The molecule has 4 nitrogen and oxygen atoms in total. The second-order valence-electron chi connectivity index (χ2n) is 8.66. The molecule has 0 aromatic carbocycles. The summed E-state index contributed by atoms with van der Waals surface area (Å²) in [6.07, 6.45) is 0. The molecule has 0 radical (unpaired) electrons. The second-order valence-corrected chi connectivity index (χ2v) is 8.66. The largest absolute Gasteiger partial charge is 0.455 e. The molecular weight excluding hydrogens is 264 g/mol. The van der Waals surface area contributed by atoms with E-state index in [9.17, 15) is 4.79 Å². The number of hydrogen-bond acceptors (Lipinski definition) is 3. The molecule has 21 heavy (non-hydrogen) atoms. The first kappa shape index (κ1) is 17.7. The molecular formula is C17H30N2O2. The number of esters is 1. The van der Waals surface area contributed by atoms with Crippen LogP contribution in [-0.2, 0) is 15.7 Å². The zero-order valence-electron chi connectivity index (χ0n) is 15.2. The number of aromatic nitrogens is 2. The minimum Gasteiger partial charge on any atom is -0.455 e. The van der Waals surface area contributed by atoms with E-state index < -0.39 is 5.60 Å². The van der Waals surface area contributed by atoms with Crippen LogP contribution in [0.5, 0.6) is 0 Å². The normalized spacial score (nSPS) is 13.4. The minimum absolute atomic E-state index is 0.0926. The molecule has 0 bridgehead atoms. The molecule has 0 saturated carbocycles. The summed E-state index contributed by atoms with van der Waals surface area (Å²) in [7, 11) is 0. The van der Waals surface area contributed by atoms with Gasteiger partial charge in [-0.15, -0.1) is 0 Å². The summed E-state index contributed by atoms with van der Waals surface area (Å²) >= 11 is 0. The van der Waals surface area contributed by atoms with Crippen molar-refractivity contribution < 1.29 is 9.53 Å². The van der Waals surface area contributed by atoms with Gasteiger partial charge >= 0.3 is 5.97 Å². The van der Waals surface area contributed by atoms with E-state index in [-0.39, 0.29) is 16.9 Å². The van der Waals surface area contributed by atoms with Gasteiger partial charge in [-0.3, -0.25) is 4.68 Å². The summed E-state index contributed by atoms with van der Waals surface area (Å²) in [6, 6.07) is 0. The van der Waals surface area contributed by atoms with Crippen LogP contribution in [0.4, 0.5) is 0 Å². The number of hydrogen-bond donors (Lipinski definition) is 0. The molecule has 0 unspecified atom stereocenters. The second kappa shape index (κ2) is 5.15. The highest BCUT2D eigenvalue weighted by Crippen LogP contribution is 2.32. The van der Waals surface area contributed by atoms with Gasteiger partial charge in [-0.05, 0) is 48.5 Å². The molecule has 0 aliphatic heterocycles. The molecule has 120 valence electrons. The molecule has 1 aromatic heterocycles. The summed E-state index contributed by atoms with van der Waals surface area (Å²) < 4.78 is 7.44. The van der Waals surface area contributed by atoms with E-state index in [1.165, 1.54) is 0 Å². The van der Waals surface area contributed by atoms with E-state index in [4.69, 9.17) is 4.74 Å². The Morgan fingerprint density at radius 3 is 1.76 bits per heavy atom. The Labute approximate surface area is 128 Å². The van der Waals surface area contributed by atoms with Crippen LogP contribution in [0.15, 0.2) is 0 Å². The first-order valence-corrected chi connectivity index (χ1v) is 7.48. The maximum absolute atomic E-state index is 12.4. The SMILES string of the molecule is Cc1c(C(=O)OC(C)(C)C)nn(C(C)(C)C)c1C(C)(C)C. The Hall–Kier alpha value is -1.32. The fourth-order valence-electron chi connectivity index (χ4n) is 2.38. The topological polar surface area (TPSA) is 44.1 Å². The van der Waals surface area contributed by atoms with E-state index in [0.29, 0.717) is 5.69 Å². The van der Waals surface area contributed by atoms with Crippen molar-refractivity contribution in [2.45, 2.75) is 85.8 Å². The predicted octanol–water partition coefficient (Wildman–Crippen LogP) is 4.20. The quantitative estimate of drug-likeness (QED) is 0.729. The average molecular weight is 294 g/mol. The first-order valence-electron chi connectivity index (χ1n) is 7.48. The van der Waals surface area contributed by atoms with Crippen molar-refractivity contribution in [3.05, 3.63) is 17.0 Å². The minimum atomic E-state index is -0.517. The van der Waals surface area contributed by atoms with Crippen LogP contribution in [0.3, 0.4) is 0 Å². The van der Waals surface area contributed by atoms with Crippen molar-refractivity contribution in [3.8, 4) is 0 Å². The Morgan fingerprint density at radius 2 is 1.48 bits per heavy atom. The highest BCUT2D eigenvalue weighted by Gasteiger charge is 2.33. The number of rotatable bonds is 1. The highest BCUT2D eigenvalue weighted by atomic mass is 16.6. The molecule has 0 spiro atoms. The van der Waals surface area contributed by atoms with Gasteiger partial charge in [0.1, 0.15) is 5.60 Å². The molecule has 4 heteroatoms. The lowest BCUT2D eigenvalue weighted by Gasteiger charge is -2.29. The number of carbonyl (C=O) groups is 1. The lowest BCUT2D eigenvalue weighted by molar-refractivity contribution is 0.00606. The third-order valence-corrected chi connectivity index (χ3v) is 3.06. The maximum atomic E-state index is 12.4. The van der Waals surface area contributed by atoms with Crippen molar-refractivity contribution in [2.24, 2.45) is 0 Å². The zero-order chi connectivity index (χ0) is 16.8. The van der Waals surface area contributed by atoms with Crippen LogP contribution in [0.1, 0.15) is 84.1 Å². The van der Waals surface area contributed by atoms with Crippen LogP contribution >= 0.6 is 0 Å². The molecule has 1 aromatic rings. The number of ether oxygens (including phenoxy) is 1. The van der Waals surface area contributed by atoms with Crippen molar-refractivity contribution in [2.75, 3.05) is 0 Å². The lowest BCUT2D eigenvalue weighted by atomic mass is 9.88. The molecule has 0 fully saturated rings. The summed E-state index contributed by atoms with van der Waals surface area (Å²) in [5, 5.41) is 4.57. The Kier molecular flexibility index (Phi) is 4.35. The standard InChI is InChI=1S/C17H30N2O2/c1-11-12(14(20)21-17(8,9)10)18-19(16(5,6)7)13(11)15(2,3)4/h1-10H3. The molecule has 0 aliphatic rings.